The van der Waals surface area contributed by atoms with Crippen molar-refractivity contribution in [3.63, 3.8) is 0 Å². The molecular weight excluding hydrogens is 422 g/mol. The number of carbonyl (C=O) groups is 1. The summed E-state index contributed by atoms with van der Waals surface area (Å²) in [5, 5.41) is 2.93. The molecule has 0 radical (unpaired) electrons. The van der Waals surface area contributed by atoms with Gasteiger partial charge in [0.2, 0.25) is 0 Å². The maximum absolute atomic E-state index is 12.7. The van der Waals surface area contributed by atoms with E-state index >= 15 is 0 Å². The van der Waals surface area contributed by atoms with E-state index < -0.39 is 6.10 Å². The first-order valence-corrected chi connectivity index (χ1v) is 11.1. The molecule has 4 aromatic carbocycles. The van der Waals surface area contributed by atoms with Gasteiger partial charge in [0.25, 0.3) is 5.91 Å². The van der Waals surface area contributed by atoms with Crippen LogP contribution in [0.5, 0.6) is 5.75 Å². The van der Waals surface area contributed by atoms with Gasteiger partial charge >= 0.3 is 0 Å². The maximum Gasteiger partial charge on any atom is 0.265 e. The second kappa shape index (κ2) is 9.55. The summed E-state index contributed by atoms with van der Waals surface area (Å²) in [5.74, 6) is 0.413. The van der Waals surface area contributed by atoms with Crippen LogP contribution >= 0.6 is 0 Å². The highest BCUT2D eigenvalue weighted by Crippen LogP contribution is 2.31. The van der Waals surface area contributed by atoms with E-state index in [0.717, 1.165) is 28.0 Å². The predicted molar refractivity (Wildman–Crippen MR) is 136 cm³/mol. The summed E-state index contributed by atoms with van der Waals surface area (Å²) in [4.78, 5) is 22.6. The Hall–Kier alpha value is -4.51. The van der Waals surface area contributed by atoms with E-state index in [-0.39, 0.29) is 5.91 Å². The number of nitrogens with zero attached hydrogens (tertiary/aromatic N) is 2. The van der Waals surface area contributed by atoms with E-state index in [1.807, 2.05) is 109 Å². The van der Waals surface area contributed by atoms with Crippen LogP contribution in [0, 0.1) is 0 Å². The van der Waals surface area contributed by atoms with Gasteiger partial charge < -0.3 is 10.1 Å². The molecule has 1 atom stereocenters. The van der Waals surface area contributed by atoms with E-state index in [2.05, 4.69) is 5.32 Å². The van der Waals surface area contributed by atoms with Crippen LogP contribution in [0.1, 0.15) is 6.92 Å². The fraction of sp³-hybridized carbons (Fsp3) is 0.0690. The standard InChI is InChI=1S/C29H23N3O2/c1-20(34-24-15-9-4-10-16-24)29(33)30-23-17-18-25-26(19-23)32-28(22-13-7-3-8-14-22)27(31-25)21-11-5-2-6-12-21/h2-20H,1H3,(H,30,33). The Morgan fingerprint density at radius 3 is 1.82 bits per heavy atom. The quantitative estimate of drug-likeness (QED) is 0.330. The summed E-state index contributed by atoms with van der Waals surface area (Å²) in [6, 6.07) is 34.9. The van der Waals surface area contributed by atoms with Crippen molar-refractivity contribution in [2.24, 2.45) is 0 Å². The molecule has 0 saturated heterocycles. The third-order valence-electron chi connectivity index (χ3n) is 5.45. The van der Waals surface area contributed by atoms with E-state index in [4.69, 9.17) is 14.7 Å². The summed E-state index contributed by atoms with van der Waals surface area (Å²) in [5.41, 5.74) is 5.69. The number of amides is 1. The molecule has 34 heavy (non-hydrogen) atoms. The number of rotatable bonds is 6. The predicted octanol–water partition coefficient (Wildman–Crippen LogP) is 6.37. The van der Waals surface area contributed by atoms with Gasteiger partial charge in [-0.3, -0.25) is 4.79 Å². The van der Waals surface area contributed by atoms with Crippen molar-refractivity contribution in [1.29, 1.82) is 0 Å². The number of para-hydroxylation sites is 1. The van der Waals surface area contributed by atoms with Crippen molar-refractivity contribution in [1.82, 2.24) is 9.97 Å². The first-order valence-electron chi connectivity index (χ1n) is 11.1. The topological polar surface area (TPSA) is 64.1 Å². The number of fused-ring (bicyclic) bond motifs is 1. The number of hydrogen-bond acceptors (Lipinski definition) is 4. The van der Waals surface area contributed by atoms with Gasteiger partial charge in [-0.2, -0.15) is 0 Å². The minimum Gasteiger partial charge on any atom is -0.481 e. The van der Waals surface area contributed by atoms with Gasteiger partial charge in [-0.05, 0) is 37.3 Å². The fourth-order valence-corrected chi connectivity index (χ4v) is 3.73. The van der Waals surface area contributed by atoms with Gasteiger partial charge in [-0.15, -0.1) is 0 Å². The number of ether oxygens (including phenoxy) is 1. The molecule has 5 heteroatoms. The molecule has 5 nitrogen and oxygen atoms in total. The Morgan fingerprint density at radius 1 is 0.706 bits per heavy atom. The van der Waals surface area contributed by atoms with Crippen LogP contribution in [0.15, 0.2) is 109 Å². The molecule has 5 aromatic rings. The van der Waals surface area contributed by atoms with E-state index in [9.17, 15) is 4.79 Å². The lowest BCUT2D eigenvalue weighted by Crippen LogP contribution is -2.30. The van der Waals surface area contributed by atoms with Crippen LogP contribution in [0.3, 0.4) is 0 Å². The molecule has 0 aliphatic rings. The maximum atomic E-state index is 12.7. The number of benzene rings is 4. The van der Waals surface area contributed by atoms with Crippen molar-refractivity contribution in [3.8, 4) is 28.3 Å². The second-order valence-corrected chi connectivity index (χ2v) is 7.92. The van der Waals surface area contributed by atoms with Crippen molar-refractivity contribution in [2.75, 3.05) is 5.32 Å². The first kappa shape index (κ1) is 21.3. The number of carbonyl (C=O) groups excluding carboxylic acids is 1. The molecule has 1 amide bonds. The third kappa shape index (κ3) is 4.64. The van der Waals surface area contributed by atoms with Crippen molar-refractivity contribution in [2.45, 2.75) is 13.0 Å². The van der Waals surface area contributed by atoms with Gasteiger partial charge in [0, 0.05) is 16.8 Å². The summed E-state index contributed by atoms with van der Waals surface area (Å²) in [6.45, 7) is 1.73. The summed E-state index contributed by atoms with van der Waals surface area (Å²) < 4.78 is 5.74. The van der Waals surface area contributed by atoms with Gasteiger partial charge in [-0.1, -0.05) is 78.9 Å². The number of hydrogen-bond donors (Lipinski definition) is 1. The number of nitrogens with one attached hydrogen (secondary N) is 1. The minimum atomic E-state index is -0.649. The molecule has 0 spiro atoms. The normalized spacial score (nSPS) is 11.7. The van der Waals surface area contributed by atoms with Crippen LogP contribution in [-0.4, -0.2) is 22.0 Å². The molecule has 0 aliphatic carbocycles. The van der Waals surface area contributed by atoms with Crippen molar-refractivity contribution >= 4 is 22.6 Å². The van der Waals surface area contributed by atoms with Gasteiger partial charge in [0.05, 0.1) is 22.4 Å². The third-order valence-corrected chi connectivity index (χ3v) is 5.45. The molecule has 0 aliphatic heterocycles. The van der Waals surface area contributed by atoms with E-state index in [0.29, 0.717) is 17.0 Å². The van der Waals surface area contributed by atoms with Crippen molar-refractivity contribution in [3.05, 3.63) is 109 Å². The lowest BCUT2D eigenvalue weighted by atomic mass is 10.0. The monoisotopic (exact) mass is 445 g/mol. The second-order valence-electron chi connectivity index (χ2n) is 7.92. The largest absolute Gasteiger partial charge is 0.481 e. The van der Waals surface area contributed by atoms with Crippen molar-refractivity contribution < 1.29 is 9.53 Å². The molecule has 0 saturated carbocycles. The zero-order valence-electron chi connectivity index (χ0n) is 18.7. The Kier molecular flexibility index (Phi) is 5.99. The van der Waals surface area contributed by atoms with E-state index in [1.54, 1.807) is 6.92 Å². The smallest absolute Gasteiger partial charge is 0.265 e. The number of anilines is 1. The minimum absolute atomic E-state index is 0.236. The highest BCUT2D eigenvalue weighted by Gasteiger charge is 2.17. The summed E-state index contributed by atoms with van der Waals surface area (Å²) in [6.07, 6.45) is -0.649. The van der Waals surface area contributed by atoms with Crippen LogP contribution in [0.4, 0.5) is 5.69 Å². The lowest BCUT2D eigenvalue weighted by Gasteiger charge is -2.15. The first-order chi connectivity index (χ1) is 16.7. The highest BCUT2D eigenvalue weighted by molar-refractivity contribution is 5.96. The Labute approximate surface area is 198 Å². The zero-order valence-corrected chi connectivity index (χ0v) is 18.7. The molecule has 0 fully saturated rings. The van der Waals surface area contributed by atoms with E-state index in [1.165, 1.54) is 0 Å². The SMILES string of the molecule is CC(Oc1ccccc1)C(=O)Nc1ccc2nc(-c3ccccc3)c(-c3ccccc3)nc2c1. The Balaban J connectivity index is 1.47. The molecule has 1 aromatic heterocycles. The Morgan fingerprint density at radius 2 is 1.24 bits per heavy atom. The van der Waals surface area contributed by atoms with Gasteiger partial charge in [0.1, 0.15) is 5.75 Å². The molecule has 1 heterocycles. The van der Waals surface area contributed by atoms with Crippen LogP contribution < -0.4 is 10.1 Å². The molecule has 0 bridgehead atoms. The zero-order chi connectivity index (χ0) is 23.3. The number of aromatic nitrogens is 2. The lowest BCUT2D eigenvalue weighted by molar-refractivity contribution is -0.122. The van der Waals surface area contributed by atoms with Crippen LogP contribution in [0.2, 0.25) is 0 Å². The fourth-order valence-electron chi connectivity index (χ4n) is 3.73. The average molecular weight is 446 g/mol. The molecule has 5 rings (SSSR count). The van der Waals surface area contributed by atoms with Gasteiger partial charge in [-0.25, -0.2) is 9.97 Å². The van der Waals surface area contributed by atoms with Gasteiger partial charge in [0.15, 0.2) is 6.10 Å². The summed E-state index contributed by atoms with van der Waals surface area (Å²) >= 11 is 0. The average Bonchev–Trinajstić information content (AvgIpc) is 2.89. The molecule has 166 valence electrons. The molecular formula is C29H23N3O2. The molecule has 1 N–H and O–H groups in total. The summed E-state index contributed by atoms with van der Waals surface area (Å²) in [7, 11) is 0. The van der Waals surface area contributed by atoms with Crippen LogP contribution in [-0.2, 0) is 4.79 Å². The van der Waals surface area contributed by atoms with Crippen LogP contribution in [0.25, 0.3) is 33.5 Å². The highest BCUT2D eigenvalue weighted by atomic mass is 16.5. The molecule has 1 unspecified atom stereocenters. The Bertz CT molecular complexity index is 1420.